The van der Waals surface area contributed by atoms with Gasteiger partial charge in [0.2, 0.25) is 0 Å². The summed E-state index contributed by atoms with van der Waals surface area (Å²) in [5.74, 6) is 0.261. The van der Waals surface area contributed by atoms with Gasteiger partial charge < -0.3 is 10.6 Å². The second-order valence-electron chi connectivity index (χ2n) is 6.52. The number of halogens is 2. The zero-order valence-corrected chi connectivity index (χ0v) is 15.7. The van der Waals surface area contributed by atoms with Crippen LogP contribution in [0, 0.1) is 11.7 Å². The molecule has 1 fully saturated rings. The van der Waals surface area contributed by atoms with E-state index in [0.717, 1.165) is 10.1 Å². The Balaban J connectivity index is 0.00000196. The number of amides is 1. The molecule has 2 heterocycles. The van der Waals surface area contributed by atoms with E-state index in [1.165, 1.54) is 29.0 Å². The fraction of sp³-hybridized carbons (Fsp3) is 0.250. The first-order valence-corrected chi connectivity index (χ1v) is 9.20. The molecule has 6 heteroatoms. The Kier molecular flexibility index (Phi) is 5.61. The third-order valence-electron chi connectivity index (χ3n) is 4.95. The predicted molar refractivity (Wildman–Crippen MR) is 107 cm³/mol. The molecule has 0 radical (unpaired) electrons. The summed E-state index contributed by atoms with van der Waals surface area (Å²) >= 11 is 1.42. The number of fused-ring (bicyclic) bond motifs is 1. The Morgan fingerprint density at radius 2 is 1.92 bits per heavy atom. The Bertz CT molecular complexity index is 915. The number of benzene rings is 2. The van der Waals surface area contributed by atoms with Gasteiger partial charge in [0.1, 0.15) is 5.82 Å². The molecule has 3 aromatic rings. The second-order valence-corrected chi connectivity index (χ2v) is 7.60. The summed E-state index contributed by atoms with van der Waals surface area (Å²) < 4.78 is 14.3. The van der Waals surface area contributed by atoms with E-state index in [9.17, 15) is 9.18 Å². The molecule has 0 aliphatic carbocycles. The highest BCUT2D eigenvalue weighted by Gasteiger charge is 2.36. The lowest BCUT2D eigenvalue weighted by Gasteiger charge is -2.16. The van der Waals surface area contributed by atoms with Crippen LogP contribution >= 0.6 is 23.7 Å². The lowest BCUT2D eigenvalue weighted by molar-refractivity contribution is 0.0791. The highest BCUT2D eigenvalue weighted by Crippen LogP contribution is 2.34. The normalized spacial score (nSPS) is 19.5. The maximum Gasteiger partial charge on any atom is 0.263 e. The maximum absolute atomic E-state index is 13.4. The molecular formula is C20H20ClFN2OS. The van der Waals surface area contributed by atoms with Crippen molar-refractivity contribution in [2.24, 2.45) is 11.7 Å². The van der Waals surface area contributed by atoms with Crippen LogP contribution in [-0.4, -0.2) is 30.4 Å². The van der Waals surface area contributed by atoms with Crippen LogP contribution in [0.2, 0.25) is 0 Å². The molecule has 0 bridgehead atoms. The van der Waals surface area contributed by atoms with Crippen molar-refractivity contribution in [3.05, 3.63) is 70.9 Å². The molecule has 3 nitrogen and oxygen atoms in total. The Labute approximate surface area is 162 Å². The van der Waals surface area contributed by atoms with Crippen molar-refractivity contribution < 1.29 is 9.18 Å². The van der Waals surface area contributed by atoms with Gasteiger partial charge in [0.15, 0.2) is 0 Å². The van der Waals surface area contributed by atoms with Gasteiger partial charge in [-0.2, -0.15) is 0 Å². The van der Waals surface area contributed by atoms with E-state index in [4.69, 9.17) is 5.73 Å². The van der Waals surface area contributed by atoms with Crippen molar-refractivity contribution in [1.82, 2.24) is 4.90 Å². The minimum Gasteiger partial charge on any atom is -0.337 e. The van der Waals surface area contributed by atoms with E-state index in [1.807, 2.05) is 23.1 Å². The molecule has 136 valence electrons. The summed E-state index contributed by atoms with van der Waals surface area (Å²) in [7, 11) is 0. The number of carbonyl (C=O) groups excluding carboxylic acids is 1. The highest BCUT2D eigenvalue weighted by molar-refractivity contribution is 7.20. The smallest absolute Gasteiger partial charge is 0.263 e. The SMILES string of the molecule is Cl.NC[C@@H]1CN(C(=O)c2cc3cc(F)ccc3s2)C[C@H]1c1ccccc1. The van der Waals surface area contributed by atoms with E-state index < -0.39 is 0 Å². The summed E-state index contributed by atoms with van der Waals surface area (Å²) in [4.78, 5) is 15.5. The average molecular weight is 391 g/mol. The molecule has 26 heavy (non-hydrogen) atoms. The van der Waals surface area contributed by atoms with Gasteiger partial charge in [-0.15, -0.1) is 23.7 Å². The molecule has 0 unspecified atom stereocenters. The second kappa shape index (κ2) is 7.74. The summed E-state index contributed by atoms with van der Waals surface area (Å²) in [6.45, 7) is 1.89. The van der Waals surface area contributed by atoms with Crippen molar-refractivity contribution in [1.29, 1.82) is 0 Å². The number of thiophene rings is 1. The van der Waals surface area contributed by atoms with Gasteiger partial charge in [-0.1, -0.05) is 30.3 Å². The maximum atomic E-state index is 13.4. The van der Waals surface area contributed by atoms with Crippen molar-refractivity contribution in [3.8, 4) is 0 Å². The third kappa shape index (κ3) is 3.47. The van der Waals surface area contributed by atoms with Gasteiger partial charge in [-0.25, -0.2) is 4.39 Å². The van der Waals surface area contributed by atoms with Crippen molar-refractivity contribution in [2.75, 3.05) is 19.6 Å². The molecule has 0 spiro atoms. The zero-order chi connectivity index (χ0) is 17.4. The molecule has 1 aliphatic rings. The van der Waals surface area contributed by atoms with Crippen molar-refractivity contribution >= 4 is 39.7 Å². The van der Waals surface area contributed by atoms with E-state index in [-0.39, 0.29) is 36.0 Å². The van der Waals surface area contributed by atoms with Crippen LogP contribution in [0.4, 0.5) is 4.39 Å². The van der Waals surface area contributed by atoms with Crippen LogP contribution in [0.1, 0.15) is 21.2 Å². The van der Waals surface area contributed by atoms with E-state index in [2.05, 4.69) is 12.1 Å². The van der Waals surface area contributed by atoms with Crippen LogP contribution in [-0.2, 0) is 0 Å². The molecule has 2 atom stereocenters. The number of nitrogens with two attached hydrogens (primary N) is 1. The average Bonchev–Trinajstić information content (AvgIpc) is 3.25. The minimum absolute atomic E-state index is 0. The van der Waals surface area contributed by atoms with Crippen LogP contribution in [0.5, 0.6) is 0 Å². The quantitative estimate of drug-likeness (QED) is 0.725. The number of carbonyl (C=O) groups is 1. The van der Waals surface area contributed by atoms with Crippen molar-refractivity contribution in [3.63, 3.8) is 0 Å². The van der Waals surface area contributed by atoms with Gasteiger partial charge in [0.05, 0.1) is 4.88 Å². The Hall–Kier alpha value is -1.95. The molecule has 1 amide bonds. The lowest BCUT2D eigenvalue weighted by atomic mass is 9.89. The Morgan fingerprint density at radius 3 is 2.65 bits per heavy atom. The standard InChI is InChI=1S/C20H19FN2OS.ClH/c21-16-6-7-18-14(8-16)9-19(25-18)20(24)23-11-15(10-22)17(12-23)13-4-2-1-3-5-13;/h1-9,15,17H,10-12,22H2;1H/t15-,17+;/m1./s1. The minimum atomic E-state index is -0.280. The number of hydrogen-bond acceptors (Lipinski definition) is 3. The largest absolute Gasteiger partial charge is 0.337 e. The molecule has 4 rings (SSSR count). The lowest BCUT2D eigenvalue weighted by Crippen LogP contribution is -2.29. The van der Waals surface area contributed by atoms with E-state index >= 15 is 0 Å². The monoisotopic (exact) mass is 390 g/mol. The van der Waals surface area contributed by atoms with Gasteiger partial charge in [0, 0.05) is 23.7 Å². The highest BCUT2D eigenvalue weighted by atomic mass is 35.5. The first-order valence-electron chi connectivity index (χ1n) is 8.39. The summed E-state index contributed by atoms with van der Waals surface area (Å²) in [5, 5.41) is 0.780. The fourth-order valence-corrected chi connectivity index (χ4v) is 4.64. The Morgan fingerprint density at radius 1 is 1.15 bits per heavy atom. The molecule has 1 aliphatic heterocycles. The molecule has 2 N–H and O–H groups in total. The number of rotatable bonds is 3. The van der Waals surface area contributed by atoms with Gasteiger partial charge in [-0.05, 0) is 47.7 Å². The van der Waals surface area contributed by atoms with E-state index in [1.54, 1.807) is 12.1 Å². The number of likely N-dealkylation sites (tertiary alicyclic amines) is 1. The first kappa shape index (κ1) is 18.8. The predicted octanol–water partition coefficient (Wildman–Crippen LogP) is 4.28. The van der Waals surface area contributed by atoms with Crippen LogP contribution in [0.25, 0.3) is 10.1 Å². The number of hydrogen-bond donors (Lipinski definition) is 1. The van der Waals surface area contributed by atoms with Gasteiger partial charge >= 0.3 is 0 Å². The van der Waals surface area contributed by atoms with Crippen LogP contribution in [0.15, 0.2) is 54.6 Å². The number of nitrogens with zero attached hydrogens (tertiary/aromatic N) is 1. The molecule has 1 saturated heterocycles. The summed E-state index contributed by atoms with van der Waals surface area (Å²) in [6.07, 6.45) is 0. The van der Waals surface area contributed by atoms with Crippen molar-refractivity contribution in [2.45, 2.75) is 5.92 Å². The van der Waals surface area contributed by atoms with E-state index in [0.29, 0.717) is 24.5 Å². The summed E-state index contributed by atoms with van der Waals surface area (Å²) in [6, 6.07) is 16.7. The molecule has 1 aromatic heterocycles. The zero-order valence-electron chi connectivity index (χ0n) is 14.1. The van der Waals surface area contributed by atoms with Gasteiger partial charge in [-0.3, -0.25) is 4.79 Å². The topological polar surface area (TPSA) is 46.3 Å². The van der Waals surface area contributed by atoms with Crippen LogP contribution in [0.3, 0.4) is 0 Å². The van der Waals surface area contributed by atoms with Crippen LogP contribution < -0.4 is 5.73 Å². The fourth-order valence-electron chi connectivity index (χ4n) is 3.63. The summed E-state index contributed by atoms with van der Waals surface area (Å²) in [5.41, 5.74) is 7.19. The molecule has 2 aromatic carbocycles. The third-order valence-corrected chi connectivity index (χ3v) is 6.05. The molecule has 0 saturated carbocycles. The van der Waals surface area contributed by atoms with Gasteiger partial charge in [0.25, 0.3) is 5.91 Å². The molecular weight excluding hydrogens is 371 g/mol. The first-order chi connectivity index (χ1) is 12.2.